The normalized spacial score (nSPS) is 14.1. The third-order valence-electron chi connectivity index (χ3n) is 4.84. The van der Waals surface area contributed by atoms with E-state index < -0.39 is 0 Å². The first-order valence-electron chi connectivity index (χ1n) is 10.5. The van der Waals surface area contributed by atoms with E-state index in [1.807, 2.05) is 24.3 Å². The number of hydrogen-bond acceptors (Lipinski definition) is 9. The third-order valence-corrected chi connectivity index (χ3v) is 4.84. The van der Waals surface area contributed by atoms with Crippen molar-refractivity contribution in [1.82, 2.24) is 15.0 Å². The van der Waals surface area contributed by atoms with E-state index in [4.69, 9.17) is 19.9 Å². The zero-order valence-electron chi connectivity index (χ0n) is 17.6. The fourth-order valence-electron chi connectivity index (χ4n) is 3.28. The maximum absolute atomic E-state index is 5.55. The molecular formula is C21H32N6O3. The van der Waals surface area contributed by atoms with Crippen LogP contribution in [0.3, 0.4) is 0 Å². The van der Waals surface area contributed by atoms with Crippen LogP contribution < -0.4 is 21.1 Å². The molecule has 164 valence electrons. The smallest absolute Gasteiger partial charge is 0.228 e. The van der Waals surface area contributed by atoms with Gasteiger partial charge in [0.25, 0.3) is 0 Å². The fourth-order valence-corrected chi connectivity index (χ4v) is 3.28. The first-order chi connectivity index (χ1) is 14.8. The highest BCUT2D eigenvalue weighted by atomic mass is 16.5. The molecule has 1 aliphatic carbocycles. The molecule has 0 atom stereocenters. The lowest BCUT2D eigenvalue weighted by Gasteiger charge is -2.14. The molecule has 30 heavy (non-hydrogen) atoms. The first kappa shape index (κ1) is 22.2. The molecule has 0 radical (unpaired) electrons. The minimum atomic E-state index is 0.417. The third kappa shape index (κ3) is 7.08. The van der Waals surface area contributed by atoms with Crippen molar-refractivity contribution in [3.05, 3.63) is 24.3 Å². The lowest BCUT2D eigenvalue weighted by molar-refractivity contribution is 0.0547. The highest BCUT2D eigenvalue weighted by Crippen LogP contribution is 2.24. The molecule has 9 nitrogen and oxygen atoms in total. The van der Waals surface area contributed by atoms with Crippen LogP contribution in [-0.4, -0.2) is 67.6 Å². The van der Waals surface area contributed by atoms with Gasteiger partial charge in [-0.25, -0.2) is 0 Å². The van der Waals surface area contributed by atoms with Crippen LogP contribution in [0.1, 0.15) is 25.7 Å². The summed E-state index contributed by atoms with van der Waals surface area (Å²) in [6, 6.07) is 8.11. The summed E-state index contributed by atoms with van der Waals surface area (Å²) >= 11 is 0. The molecule has 1 heterocycles. The van der Waals surface area contributed by atoms with Crippen molar-refractivity contribution in [1.29, 1.82) is 0 Å². The number of nitrogens with one attached hydrogen (secondary N) is 2. The Morgan fingerprint density at radius 1 is 0.933 bits per heavy atom. The van der Waals surface area contributed by atoms with Gasteiger partial charge in [0.15, 0.2) is 5.82 Å². The van der Waals surface area contributed by atoms with E-state index in [0.29, 0.717) is 63.3 Å². The summed E-state index contributed by atoms with van der Waals surface area (Å²) in [5, 5.41) is 6.69. The van der Waals surface area contributed by atoms with Gasteiger partial charge in [0, 0.05) is 24.7 Å². The van der Waals surface area contributed by atoms with Crippen LogP contribution in [0.15, 0.2) is 24.3 Å². The van der Waals surface area contributed by atoms with E-state index >= 15 is 0 Å². The standard InChI is InChI=1S/C21H32N6O3/c1-28-18-8-6-16(7-9-18)19-25-20(23-11-13-30-15-14-29-12-10-22)27-21(26-19)24-17-4-2-3-5-17/h6-9,17H,2-5,10-15,22H2,1H3,(H2,23,24,25,26,27). The molecule has 1 saturated carbocycles. The van der Waals surface area contributed by atoms with Crippen LogP contribution in [0.25, 0.3) is 11.4 Å². The Morgan fingerprint density at radius 3 is 2.33 bits per heavy atom. The maximum Gasteiger partial charge on any atom is 0.228 e. The minimum absolute atomic E-state index is 0.417. The van der Waals surface area contributed by atoms with Crippen LogP contribution in [0.4, 0.5) is 11.9 Å². The Hall–Kier alpha value is -2.49. The van der Waals surface area contributed by atoms with E-state index in [2.05, 4.69) is 25.6 Å². The molecule has 0 unspecified atom stereocenters. The van der Waals surface area contributed by atoms with E-state index in [-0.39, 0.29) is 0 Å². The topological polar surface area (TPSA) is 116 Å². The number of nitrogens with two attached hydrogens (primary N) is 1. The number of aromatic nitrogens is 3. The number of rotatable bonds is 13. The van der Waals surface area contributed by atoms with Crippen molar-refractivity contribution in [2.24, 2.45) is 5.73 Å². The van der Waals surface area contributed by atoms with Gasteiger partial charge in [-0.3, -0.25) is 0 Å². The summed E-state index contributed by atoms with van der Waals surface area (Å²) in [6.45, 7) is 3.27. The molecule has 0 spiro atoms. The zero-order valence-corrected chi connectivity index (χ0v) is 17.6. The Labute approximate surface area is 177 Å². The van der Waals surface area contributed by atoms with Gasteiger partial charge >= 0.3 is 0 Å². The van der Waals surface area contributed by atoms with E-state index in [9.17, 15) is 0 Å². The molecule has 1 aliphatic rings. The summed E-state index contributed by atoms with van der Waals surface area (Å²) in [5.74, 6) is 2.54. The van der Waals surface area contributed by atoms with Crippen LogP contribution in [0.2, 0.25) is 0 Å². The molecule has 0 bridgehead atoms. The molecule has 9 heteroatoms. The highest BCUT2D eigenvalue weighted by molar-refractivity contribution is 5.59. The van der Waals surface area contributed by atoms with Gasteiger partial charge in [0.2, 0.25) is 11.9 Å². The second kappa shape index (κ2) is 12.3. The van der Waals surface area contributed by atoms with Gasteiger partial charge in [-0.15, -0.1) is 0 Å². The second-order valence-electron chi connectivity index (χ2n) is 7.10. The van der Waals surface area contributed by atoms with Crippen molar-refractivity contribution in [3.63, 3.8) is 0 Å². The summed E-state index contributed by atoms with van der Waals surface area (Å²) < 4.78 is 16.1. The Morgan fingerprint density at radius 2 is 1.63 bits per heavy atom. The minimum Gasteiger partial charge on any atom is -0.497 e. The lowest BCUT2D eigenvalue weighted by Crippen LogP contribution is -2.19. The second-order valence-corrected chi connectivity index (χ2v) is 7.10. The number of nitrogens with zero attached hydrogens (tertiary/aromatic N) is 3. The summed E-state index contributed by atoms with van der Waals surface area (Å²) in [4.78, 5) is 13.8. The number of anilines is 2. The Kier molecular flexibility index (Phi) is 9.07. The van der Waals surface area contributed by atoms with Crippen LogP contribution in [0, 0.1) is 0 Å². The van der Waals surface area contributed by atoms with Crippen molar-refractivity contribution < 1.29 is 14.2 Å². The van der Waals surface area contributed by atoms with Gasteiger partial charge in [-0.1, -0.05) is 12.8 Å². The number of ether oxygens (including phenoxy) is 3. The molecule has 1 fully saturated rings. The zero-order chi connectivity index (χ0) is 21.0. The average Bonchev–Trinajstić information content (AvgIpc) is 3.28. The summed E-state index contributed by atoms with van der Waals surface area (Å²) in [6.07, 6.45) is 4.77. The fraction of sp³-hybridized carbons (Fsp3) is 0.571. The average molecular weight is 417 g/mol. The lowest BCUT2D eigenvalue weighted by atomic mass is 10.2. The van der Waals surface area contributed by atoms with Crippen molar-refractivity contribution in [3.8, 4) is 17.1 Å². The predicted octanol–water partition coefficient (Wildman–Crippen LogP) is 2.31. The van der Waals surface area contributed by atoms with Gasteiger partial charge in [0.05, 0.1) is 33.5 Å². The maximum atomic E-state index is 5.55. The van der Waals surface area contributed by atoms with Gasteiger partial charge in [-0.2, -0.15) is 15.0 Å². The van der Waals surface area contributed by atoms with Gasteiger partial charge < -0.3 is 30.6 Å². The van der Waals surface area contributed by atoms with Crippen LogP contribution >= 0.6 is 0 Å². The van der Waals surface area contributed by atoms with E-state index in [0.717, 1.165) is 24.2 Å². The molecule has 3 rings (SSSR count). The predicted molar refractivity (Wildman–Crippen MR) is 117 cm³/mol. The molecule has 0 saturated heterocycles. The van der Waals surface area contributed by atoms with Gasteiger partial charge in [-0.05, 0) is 37.1 Å². The van der Waals surface area contributed by atoms with Crippen molar-refractivity contribution >= 4 is 11.9 Å². The Bertz CT molecular complexity index is 753. The van der Waals surface area contributed by atoms with Crippen molar-refractivity contribution in [2.75, 3.05) is 57.3 Å². The molecular weight excluding hydrogens is 384 g/mol. The van der Waals surface area contributed by atoms with E-state index in [1.165, 1.54) is 12.8 Å². The molecule has 1 aromatic carbocycles. The summed E-state index contributed by atoms with van der Waals surface area (Å²) in [7, 11) is 1.65. The van der Waals surface area contributed by atoms with E-state index in [1.54, 1.807) is 7.11 Å². The monoisotopic (exact) mass is 416 g/mol. The molecule has 0 aliphatic heterocycles. The molecule has 1 aromatic heterocycles. The van der Waals surface area contributed by atoms with Crippen LogP contribution in [-0.2, 0) is 9.47 Å². The number of hydrogen-bond donors (Lipinski definition) is 3. The molecule has 0 amide bonds. The number of methoxy groups -OCH3 is 1. The molecule has 2 aromatic rings. The highest BCUT2D eigenvalue weighted by Gasteiger charge is 2.17. The SMILES string of the molecule is COc1ccc(-c2nc(NCCOCCOCCN)nc(NC3CCCC3)n2)cc1. The Balaban J connectivity index is 1.61. The summed E-state index contributed by atoms with van der Waals surface area (Å²) in [5.41, 5.74) is 6.29. The first-order valence-corrected chi connectivity index (χ1v) is 10.5. The molecule has 4 N–H and O–H groups in total. The largest absolute Gasteiger partial charge is 0.497 e. The van der Waals surface area contributed by atoms with Gasteiger partial charge in [0.1, 0.15) is 5.75 Å². The van der Waals surface area contributed by atoms with Crippen LogP contribution in [0.5, 0.6) is 5.75 Å². The number of benzene rings is 1. The van der Waals surface area contributed by atoms with Crippen molar-refractivity contribution in [2.45, 2.75) is 31.7 Å². The quantitative estimate of drug-likeness (QED) is 0.423.